The normalized spacial score (nSPS) is 23.5. The van der Waals surface area contributed by atoms with Crippen molar-refractivity contribution in [3.05, 3.63) is 0 Å². The predicted octanol–water partition coefficient (Wildman–Crippen LogP) is 1.65. The minimum atomic E-state index is 0.701. The van der Waals surface area contributed by atoms with Gasteiger partial charge in [0.2, 0.25) is 0 Å². The molecule has 0 aromatic heterocycles. The lowest BCUT2D eigenvalue weighted by Gasteiger charge is -2.29. The van der Waals surface area contributed by atoms with E-state index in [2.05, 4.69) is 43.1 Å². The number of likely N-dealkylation sites (N-methyl/N-ethyl adjacent to an activating group) is 1. The van der Waals surface area contributed by atoms with Gasteiger partial charge in [0.05, 0.1) is 0 Å². The van der Waals surface area contributed by atoms with Gasteiger partial charge in [0.1, 0.15) is 0 Å². The summed E-state index contributed by atoms with van der Waals surface area (Å²) in [6.07, 6.45) is 3.85. The lowest BCUT2D eigenvalue weighted by atomic mass is 10.1. The number of rotatable bonds is 8. The number of hydrogen-bond donors (Lipinski definition) is 1. The van der Waals surface area contributed by atoms with Crippen LogP contribution in [-0.2, 0) is 0 Å². The third-order valence-electron chi connectivity index (χ3n) is 3.94. The van der Waals surface area contributed by atoms with E-state index in [0.29, 0.717) is 6.04 Å². The Hall–Kier alpha value is -0.120. The molecule has 102 valence electrons. The Bertz CT molecular complexity index is 196. The number of hydrogen-bond acceptors (Lipinski definition) is 3. The fourth-order valence-electron chi connectivity index (χ4n) is 2.79. The minimum absolute atomic E-state index is 0.701. The lowest BCUT2D eigenvalue weighted by Crippen LogP contribution is -2.42. The quantitative estimate of drug-likeness (QED) is 0.652. The SMILES string of the molecule is CCCNCC(CC)N(C)CC1CCN(C)C1. The molecular weight excluding hydrogens is 210 g/mol. The molecule has 0 bridgehead atoms. The largest absolute Gasteiger partial charge is 0.315 e. The summed E-state index contributed by atoms with van der Waals surface area (Å²) < 4.78 is 0. The molecule has 0 saturated carbocycles. The molecule has 17 heavy (non-hydrogen) atoms. The van der Waals surface area contributed by atoms with Crippen LogP contribution in [0.2, 0.25) is 0 Å². The van der Waals surface area contributed by atoms with Gasteiger partial charge in [0.15, 0.2) is 0 Å². The van der Waals surface area contributed by atoms with E-state index in [0.717, 1.165) is 19.0 Å². The smallest absolute Gasteiger partial charge is 0.0215 e. The van der Waals surface area contributed by atoms with Crippen molar-refractivity contribution in [1.29, 1.82) is 0 Å². The average Bonchev–Trinajstić information content (AvgIpc) is 2.70. The lowest BCUT2D eigenvalue weighted by molar-refractivity contribution is 0.197. The second-order valence-corrected chi connectivity index (χ2v) is 5.62. The van der Waals surface area contributed by atoms with Gasteiger partial charge in [0.25, 0.3) is 0 Å². The van der Waals surface area contributed by atoms with E-state index in [1.165, 1.54) is 38.9 Å². The number of nitrogens with zero attached hydrogens (tertiary/aromatic N) is 2. The summed E-state index contributed by atoms with van der Waals surface area (Å²) in [6.45, 7) is 10.6. The van der Waals surface area contributed by atoms with Crippen molar-refractivity contribution in [1.82, 2.24) is 15.1 Å². The van der Waals surface area contributed by atoms with Crippen LogP contribution in [0.15, 0.2) is 0 Å². The third kappa shape index (κ3) is 5.36. The zero-order valence-corrected chi connectivity index (χ0v) is 12.2. The molecule has 1 saturated heterocycles. The van der Waals surface area contributed by atoms with Gasteiger partial charge in [-0.1, -0.05) is 13.8 Å². The fraction of sp³-hybridized carbons (Fsp3) is 1.00. The van der Waals surface area contributed by atoms with Crippen molar-refractivity contribution in [3.8, 4) is 0 Å². The third-order valence-corrected chi connectivity index (χ3v) is 3.94. The molecule has 0 amide bonds. The van der Waals surface area contributed by atoms with Crippen LogP contribution in [-0.4, -0.2) is 62.7 Å². The summed E-state index contributed by atoms with van der Waals surface area (Å²) >= 11 is 0. The van der Waals surface area contributed by atoms with E-state index in [1.807, 2.05) is 0 Å². The molecule has 0 aromatic rings. The summed E-state index contributed by atoms with van der Waals surface area (Å²) in [6, 6.07) is 0.701. The Labute approximate surface area is 108 Å². The Morgan fingerprint density at radius 3 is 2.71 bits per heavy atom. The van der Waals surface area contributed by atoms with Gasteiger partial charge in [-0.25, -0.2) is 0 Å². The van der Waals surface area contributed by atoms with Crippen molar-refractivity contribution >= 4 is 0 Å². The molecule has 1 rings (SSSR count). The van der Waals surface area contributed by atoms with Gasteiger partial charge in [-0.05, 0) is 52.4 Å². The van der Waals surface area contributed by atoms with Gasteiger partial charge in [-0.2, -0.15) is 0 Å². The average molecular weight is 241 g/mol. The molecule has 1 N–H and O–H groups in total. The monoisotopic (exact) mass is 241 g/mol. The molecule has 3 heteroatoms. The Morgan fingerprint density at radius 1 is 1.41 bits per heavy atom. The maximum Gasteiger partial charge on any atom is 0.0215 e. The molecule has 1 heterocycles. The summed E-state index contributed by atoms with van der Waals surface area (Å²) in [5.74, 6) is 0.880. The molecule has 0 radical (unpaired) electrons. The second-order valence-electron chi connectivity index (χ2n) is 5.62. The number of nitrogens with one attached hydrogen (secondary N) is 1. The van der Waals surface area contributed by atoms with E-state index in [-0.39, 0.29) is 0 Å². The fourth-order valence-corrected chi connectivity index (χ4v) is 2.79. The highest BCUT2D eigenvalue weighted by atomic mass is 15.2. The summed E-state index contributed by atoms with van der Waals surface area (Å²) in [5, 5.41) is 3.55. The van der Waals surface area contributed by atoms with Crippen LogP contribution in [0.4, 0.5) is 0 Å². The summed E-state index contributed by atoms with van der Waals surface area (Å²) in [5.41, 5.74) is 0. The molecule has 1 fully saturated rings. The zero-order chi connectivity index (χ0) is 12.7. The van der Waals surface area contributed by atoms with Gasteiger partial charge >= 0.3 is 0 Å². The van der Waals surface area contributed by atoms with Crippen molar-refractivity contribution in [2.24, 2.45) is 5.92 Å². The predicted molar refractivity (Wildman–Crippen MR) is 75.5 cm³/mol. The maximum absolute atomic E-state index is 3.55. The molecule has 0 aliphatic carbocycles. The van der Waals surface area contributed by atoms with Crippen molar-refractivity contribution in [2.45, 2.75) is 39.2 Å². The molecule has 2 unspecified atom stereocenters. The topological polar surface area (TPSA) is 18.5 Å². The van der Waals surface area contributed by atoms with Gasteiger partial charge in [-0.15, -0.1) is 0 Å². The van der Waals surface area contributed by atoms with Crippen LogP contribution in [0.5, 0.6) is 0 Å². The zero-order valence-electron chi connectivity index (χ0n) is 12.2. The molecule has 1 aliphatic rings. The van der Waals surface area contributed by atoms with Gasteiger partial charge in [-0.3, -0.25) is 0 Å². The number of likely N-dealkylation sites (tertiary alicyclic amines) is 1. The van der Waals surface area contributed by atoms with Gasteiger partial charge < -0.3 is 15.1 Å². The first-order chi connectivity index (χ1) is 8.17. The minimum Gasteiger partial charge on any atom is -0.315 e. The highest BCUT2D eigenvalue weighted by Crippen LogP contribution is 2.16. The summed E-state index contributed by atoms with van der Waals surface area (Å²) in [4.78, 5) is 5.02. The highest BCUT2D eigenvalue weighted by Gasteiger charge is 2.23. The maximum atomic E-state index is 3.55. The molecule has 0 spiro atoms. The van der Waals surface area contributed by atoms with Crippen molar-refractivity contribution in [2.75, 3.05) is 46.8 Å². The standard InChI is InChI=1S/C14H31N3/c1-5-8-15-10-14(6-2)17(4)12-13-7-9-16(3)11-13/h13-15H,5-12H2,1-4H3. The van der Waals surface area contributed by atoms with Crippen LogP contribution in [0.1, 0.15) is 33.1 Å². The molecule has 3 nitrogen and oxygen atoms in total. The molecule has 2 atom stereocenters. The Kier molecular flexibility index (Phi) is 7.09. The van der Waals surface area contributed by atoms with Crippen LogP contribution in [0, 0.1) is 5.92 Å². The molecule has 0 aromatic carbocycles. The Morgan fingerprint density at radius 2 is 2.18 bits per heavy atom. The van der Waals surface area contributed by atoms with E-state index in [9.17, 15) is 0 Å². The van der Waals surface area contributed by atoms with Crippen molar-refractivity contribution < 1.29 is 0 Å². The molecule has 1 aliphatic heterocycles. The van der Waals surface area contributed by atoms with E-state index >= 15 is 0 Å². The van der Waals surface area contributed by atoms with Crippen LogP contribution in [0.25, 0.3) is 0 Å². The second kappa shape index (κ2) is 8.06. The first-order valence-corrected chi connectivity index (χ1v) is 7.26. The van der Waals surface area contributed by atoms with E-state index < -0.39 is 0 Å². The van der Waals surface area contributed by atoms with Crippen LogP contribution >= 0.6 is 0 Å². The van der Waals surface area contributed by atoms with Crippen LogP contribution in [0.3, 0.4) is 0 Å². The Balaban J connectivity index is 2.25. The van der Waals surface area contributed by atoms with Crippen LogP contribution < -0.4 is 5.32 Å². The van der Waals surface area contributed by atoms with Gasteiger partial charge in [0, 0.05) is 25.7 Å². The highest BCUT2D eigenvalue weighted by molar-refractivity contribution is 4.78. The van der Waals surface area contributed by atoms with E-state index in [1.54, 1.807) is 0 Å². The first kappa shape index (κ1) is 14.9. The van der Waals surface area contributed by atoms with E-state index in [4.69, 9.17) is 0 Å². The summed E-state index contributed by atoms with van der Waals surface area (Å²) in [7, 11) is 4.53. The molecular formula is C14H31N3. The first-order valence-electron chi connectivity index (χ1n) is 7.26. The van der Waals surface area contributed by atoms with Crippen molar-refractivity contribution in [3.63, 3.8) is 0 Å².